The Bertz CT molecular complexity index is 505. The molecule has 104 valence electrons. The van der Waals surface area contributed by atoms with Gasteiger partial charge in [-0.15, -0.1) is 0 Å². The Kier molecular flexibility index (Phi) is 5.11. The molecule has 0 aliphatic rings. The maximum atomic E-state index is 5.74. The van der Waals surface area contributed by atoms with Crippen LogP contribution in [0.4, 0.5) is 0 Å². The molecule has 2 aromatic rings. The largest absolute Gasteiger partial charge is 0.494 e. The average Bonchev–Trinajstić information content (AvgIpc) is 2.48. The Morgan fingerprint density at radius 2 is 1.15 bits per heavy atom. The summed E-state index contributed by atoms with van der Waals surface area (Å²) in [5.74, 6) is 1.91. The minimum atomic E-state index is 0.237. The zero-order valence-corrected chi connectivity index (χ0v) is 12.4. The number of ether oxygens (including phenoxy) is 2. The summed E-state index contributed by atoms with van der Waals surface area (Å²) in [6.45, 7) is 7.80. The molecule has 0 saturated carbocycles. The maximum Gasteiger partial charge on any atom is 0.215 e. The molecule has 0 N–H and O–H groups in total. The number of rotatable bonds is 6. The number of para-hydroxylation sites is 2. The first-order valence-corrected chi connectivity index (χ1v) is 7.21. The first-order chi connectivity index (χ1) is 9.77. The molecule has 0 spiro atoms. The predicted molar refractivity (Wildman–Crippen MR) is 86.1 cm³/mol. The molecule has 0 amide bonds. The van der Waals surface area contributed by atoms with Gasteiger partial charge in [0.05, 0.1) is 13.2 Å². The number of hydrogen-bond donors (Lipinski definition) is 0. The van der Waals surface area contributed by atoms with Gasteiger partial charge in [-0.1, -0.05) is 43.2 Å². The van der Waals surface area contributed by atoms with Crippen LogP contribution in [0.5, 0.6) is 11.5 Å². The van der Waals surface area contributed by atoms with Crippen molar-refractivity contribution in [2.45, 2.75) is 20.7 Å². The van der Waals surface area contributed by atoms with Gasteiger partial charge >= 0.3 is 0 Å². The molecule has 0 radical (unpaired) electrons. The number of benzene rings is 2. The minimum absolute atomic E-state index is 0.237. The molecule has 20 heavy (non-hydrogen) atoms. The van der Waals surface area contributed by atoms with E-state index in [4.69, 9.17) is 9.47 Å². The van der Waals surface area contributed by atoms with Crippen LogP contribution in [-0.4, -0.2) is 19.9 Å². The molecule has 2 nitrogen and oxygen atoms in total. The van der Waals surface area contributed by atoms with E-state index in [1.807, 2.05) is 38.1 Å². The van der Waals surface area contributed by atoms with Gasteiger partial charge in [0.1, 0.15) is 11.5 Å². The molecule has 2 rings (SSSR count). The highest BCUT2D eigenvalue weighted by Crippen LogP contribution is 2.12. The SMILES string of the molecule is CCOc1ccccc1B(C)c1ccccc1OCC. The van der Waals surface area contributed by atoms with E-state index in [0.717, 1.165) is 11.5 Å². The zero-order valence-electron chi connectivity index (χ0n) is 12.4. The van der Waals surface area contributed by atoms with Crippen molar-refractivity contribution in [3.8, 4) is 11.5 Å². The minimum Gasteiger partial charge on any atom is -0.494 e. The fraction of sp³-hybridized carbons (Fsp3) is 0.294. The monoisotopic (exact) mass is 268 g/mol. The third-order valence-electron chi connectivity index (χ3n) is 3.37. The van der Waals surface area contributed by atoms with Crippen LogP contribution in [0.1, 0.15) is 13.8 Å². The van der Waals surface area contributed by atoms with Crippen LogP contribution >= 0.6 is 0 Å². The van der Waals surface area contributed by atoms with E-state index in [2.05, 4.69) is 31.1 Å². The molecule has 0 aliphatic carbocycles. The smallest absolute Gasteiger partial charge is 0.215 e. The van der Waals surface area contributed by atoms with Crippen molar-refractivity contribution in [1.29, 1.82) is 0 Å². The molecule has 0 atom stereocenters. The van der Waals surface area contributed by atoms with E-state index in [1.54, 1.807) is 0 Å². The quantitative estimate of drug-likeness (QED) is 0.750. The van der Waals surface area contributed by atoms with Crippen molar-refractivity contribution in [2.24, 2.45) is 0 Å². The van der Waals surface area contributed by atoms with E-state index in [9.17, 15) is 0 Å². The molecule has 0 bridgehead atoms. The van der Waals surface area contributed by atoms with E-state index in [0.29, 0.717) is 13.2 Å². The van der Waals surface area contributed by atoms with Crippen LogP contribution in [0.15, 0.2) is 48.5 Å². The molecular weight excluding hydrogens is 247 g/mol. The standard InChI is InChI=1S/C17H21BO2/c1-4-19-16-12-8-6-10-14(16)18(3)15-11-7-9-13-17(15)20-5-2/h6-13H,4-5H2,1-3H3. The van der Waals surface area contributed by atoms with Crippen molar-refractivity contribution in [3.05, 3.63) is 48.5 Å². The van der Waals surface area contributed by atoms with Crippen LogP contribution in [0.3, 0.4) is 0 Å². The van der Waals surface area contributed by atoms with Gasteiger partial charge in [0.25, 0.3) is 0 Å². The fourth-order valence-electron chi connectivity index (χ4n) is 2.42. The van der Waals surface area contributed by atoms with Crippen LogP contribution in [0, 0.1) is 0 Å². The van der Waals surface area contributed by atoms with Gasteiger partial charge in [0.2, 0.25) is 6.71 Å². The summed E-state index contributed by atoms with van der Waals surface area (Å²) in [5, 5.41) is 0. The van der Waals surface area contributed by atoms with Gasteiger partial charge in [-0.3, -0.25) is 0 Å². The normalized spacial score (nSPS) is 10.2. The second-order valence-corrected chi connectivity index (χ2v) is 4.66. The number of hydrogen-bond acceptors (Lipinski definition) is 2. The maximum absolute atomic E-state index is 5.74. The Labute approximate surface area is 121 Å². The van der Waals surface area contributed by atoms with Gasteiger partial charge in [-0.05, 0) is 36.9 Å². The van der Waals surface area contributed by atoms with Crippen LogP contribution in [-0.2, 0) is 0 Å². The predicted octanol–water partition coefficient (Wildman–Crippen LogP) is 2.72. The van der Waals surface area contributed by atoms with E-state index in [-0.39, 0.29) is 6.71 Å². The summed E-state index contributed by atoms with van der Waals surface area (Å²) in [6, 6.07) is 16.4. The Balaban J connectivity index is 2.38. The third kappa shape index (κ3) is 3.16. The van der Waals surface area contributed by atoms with Crippen LogP contribution in [0.2, 0.25) is 6.82 Å². The Morgan fingerprint density at radius 1 is 0.750 bits per heavy atom. The average molecular weight is 268 g/mol. The first-order valence-electron chi connectivity index (χ1n) is 7.21. The molecule has 0 aliphatic heterocycles. The van der Waals surface area contributed by atoms with Crippen LogP contribution in [0.25, 0.3) is 0 Å². The Hall–Kier alpha value is -1.90. The summed E-state index contributed by atoms with van der Waals surface area (Å²) >= 11 is 0. The lowest BCUT2D eigenvalue weighted by atomic mass is 9.42. The van der Waals surface area contributed by atoms with Gasteiger partial charge in [0, 0.05) is 0 Å². The fourth-order valence-corrected chi connectivity index (χ4v) is 2.42. The summed E-state index contributed by atoms with van der Waals surface area (Å²) < 4.78 is 11.5. The first kappa shape index (κ1) is 14.5. The lowest BCUT2D eigenvalue weighted by molar-refractivity contribution is 0.342. The molecule has 0 heterocycles. The lowest BCUT2D eigenvalue weighted by Gasteiger charge is -2.17. The summed E-state index contributed by atoms with van der Waals surface area (Å²) in [6.07, 6.45) is 0. The van der Waals surface area contributed by atoms with Crippen molar-refractivity contribution in [2.75, 3.05) is 13.2 Å². The highest BCUT2D eigenvalue weighted by Gasteiger charge is 2.20. The van der Waals surface area contributed by atoms with E-state index >= 15 is 0 Å². The van der Waals surface area contributed by atoms with Gasteiger partial charge in [-0.25, -0.2) is 0 Å². The van der Waals surface area contributed by atoms with Gasteiger partial charge in [-0.2, -0.15) is 0 Å². The highest BCUT2D eigenvalue weighted by atomic mass is 16.5. The van der Waals surface area contributed by atoms with Crippen molar-refractivity contribution in [1.82, 2.24) is 0 Å². The molecule has 0 fully saturated rings. The van der Waals surface area contributed by atoms with Crippen LogP contribution < -0.4 is 20.4 Å². The summed E-state index contributed by atoms with van der Waals surface area (Å²) in [4.78, 5) is 0. The summed E-state index contributed by atoms with van der Waals surface area (Å²) in [5.41, 5.74) is 2.39. The zero-order chi connectivity index (χ0) is 14.4. The lowest BCUT2D eigenvalue weighted by Crippen LogP contribution is -2.40. The summed E-state index contributed by atoms with van der Waals surface area (Å²) in [7, 11) is 0. The Morgan fingerprint density at radius 3 is 1.55 bits per heavy atom. The topological polar surface area (TPSA) is 18.5 Å². The van der Waals surface area contributed by atoms with Crippen molar-refractivity contribution < 1.29 is 9.47 Å². The molecule has 2 aromatic carbocycles. The van der Waals surface area contributed by atoms with Crippen molar-refractivity contribution >= 4 is 17.6 Å². The second kappa shape index (κ2) is 7.04. The second-order valence-electron chi connectivity index (χ2n) is 4.66. The highest BCUT2D eigenvalue weighted by molar-refractivity contribution is 6.85. The van der Waals surface area contributed by atoms with Gasteiger partial charge in [0.15, 0.2) is 0 Å². The molecule has 3 heteroatoms. The molecule has 0 saturated heterocycles. The van der Waals surface area contributed by atoms with Gasteiger partial charge < -0.3 is 9.47 Å². The molecule has 0 aromatic heterocycles. The molecule has 0 unspecified atom stereocenters. The third-order valence-corrected chi connectivity index (χ3v) is 3.37. The van der Waals surface area contributed by atoms with E-state index in [1.165, 1.54) is 10.9 Å². The van der Waals surface area contributed by atoms with E-state index < -0.39 is 0 Å². The molecular formula is C17H21BO2. The van der Waals surface area contributed by atoms with Crippen molar-refractivity contribution in [3.63, 3.8) is 0 Å².